The van der Waals surface area contributed by atoms with E-state index in [9.17, 15) is 5.11 Å². The molecule has 0 saturated carbocycles. The van der Waals surface area contributed by atoms with Gasteiger partial charge in [-0.2, -0.15) is 0 Å². The van der Waals surface area contributed by atoms with E-state index in [4.69, 9.17) is 5.73 Å². The summed E-state index contributed by atoms with van der Waals surface area (Å²) in [6, 6.07) is 8.48. The maximum absolute atomic E-state index is 10.6. The predicted octanol–water partition coefficient (Wildman–Crippen LogP) is 2.84. The normalized spacial score (nSPS) is 20.0. The molecule has 1 aromatic rings. The molecule has 0 amide bonds. The molecule has 3 nitrogen and oxygen atoms in total. The number of para-hydroxylation sites is 1. The van der Waals surface area contributed by atoms with Gasteiger partial charge < -0.3 is 15.7 Å². The average Bonchev–Trinajstić information content (AvgIpc) is 2.60. The van der Waals surface area contributed by atoms with Crippen LogP contribution in [0, 0.1) is 0 Å². The van der Waals surface area contributed by atoms with Gasteiger partial charge in [-0.1, -0.05) is 32.0 Å². The van der Waals surface area contributed by atoms with Crippen LogP contribution in [0.1, 0.15) is 51.1 Å². The lowest BCUT2D eigenvalue weighted by Gasteiger charge is -2.34. The summed E-state index contributed by atoms with van der Waals surface area (Å²) in [7, 11) is 0. The lowest BCUT2D eigenvalue weighted by Crippen LogP contribution is -2.42. The van der Waals surface area contributed by atoms with Gasteiger partial charge in [-0.25, -0.2) is 0 Å². The molecule has 1 atom stereocenters. The van der Waals surface area contributed by atoms with E-state index >= 15 is 0 Å². The first-order valence-electron chi connectivity index (χ1n) is 7.41. The number of nitrogens with zero attached hydrogens (tertiary/aromatic N) is 1. The lowest BCUT2D eigenvalue weighted by molar-refractivity contribution is 0.0393. The zero-order valence-electron chi connectivity index (χ0n) is 12.1. The molecule has 1 aliphatic heterocycles. The summed E-state index contributed by atoms with van der Waals surface area (Å²) < 4.78 is 0. The summed E-state index contributed by atoms with van der Waals surface area (Å²) in [4.78, 5) is 2.31. The minimum absolute atomic E-state index is 0.123. The molecule has 1 aliphatic rings. The Balaban J connectivity index is 2.28. The highest BCUT2D eigenvalue weighted by Crippen LogP contribution is 2.32. The first-order chi connectivity index (χ1) is 9.09. The van der Waals surface area contributed by atoms with Crippen LogP contribution in [0.25, 0.3) is 0 Å². The molecule has 106 valence electrons. The zero-order valence-corrected chi connectivity index (χ0v) is 12.1. The number of benzene rings is 1. The van der Waals surface area contributed by atoms with E-state index in [2.05, 4.69) is 36.9 Å². The van der Waals surface area contributed by atoms with E-state index in [1.54, 1.807) is 0 Å². The van der Waals surface area contributed by atoms with Crippen molar-refractivity contribution in [1.82, 2.24) is 0 Å². The third-order valence-electron chi connectivity index (χ3n) is 4.42. The Labute approximate surface area is 116 Å². The second-order valence-corrected chi connectivity index (χ2v) is 5.66. The van der Waals surface area contributed by atoms with Crippen molar-refractivity contribution >= 4 is 5.69 Å². The van der Waals surface area contributed by atoms with Crippen LogP contribution in [-0.2, 0) is 0 Å². The molecule has 3 heteroatoms. The second-order valence-electron chi connectivity index (χ2n) is 5.66. The van der Waals surface area contributed by atoms with Crippen molar-refractivity contribution in [2.75, 3.05) is 18.0 Å². The number of hydrogen-bond acceptors (Lipinski definition) is 3. The lowest BCUT2D eigenvalue weighted by atomic mass is 9.96. The van der Waals surface area contributed by atoms with Crippen LogP contribution in [0.5, 0.6) is 0 Å². The van der Waals surface area contributed by atoms with Crippen molar-refractivity contribution in [3.8, 4) is 0 Å². The van der Waals surface area contributed by atoms with Gasteiger partial charge in [0.15, 0.2) is 0 Å². The van der Waals surface area contributed by atoms with Gasteiger partial charge in [-0.3, -0.25) is 0 Å². The fourth-order valence-electron chi connectivity index (χ4n) is 2.86. The number of β-amino-alcohol motifs (C(OH)–C–C–N with tert-alkyl or cyclic N) is 1. The van der Waals surface area contributed by atoms with Crippen LogP contribution >= 0.6 is 0 Å². The molecular formula is C16H26N2O. The highest BCUT2D eigenvalue weighted by molar-refractivity contribution is 5.56. The SMILES string of the molecule is CCC(O)(CC)CN1CCCC(N)c2ccccc21. The fraction of sp³-hybridized carbons (Fsp3) is 0.625. The summed E-state index contributed by atoms with van der Waals surface area (Å²) in [6.45, 7) is 5.79. The smallest absolute Gasteiger partial charge is 0.0816 e. The summed E-state index contributed by atoms with van der Waals surface area (Å²) in [6.07, 6.45) is 3.67. The molecule has 1 unspecified atom stereocenters. The molecule has 0 aromatic heterocycles. The molecule has 0 bridgehead atoms. The number of rotatable bonds is 4. The van der Waals surface area contributed by atoms with E-state index in [1.165, 1.54) is 11.3 Å². The highest BCUT2D eigenvalue weighted by Gasteiger charge is 2.28. The number of aliphatic hydroxyl groups is 1. The number of nitrogens with two attached hydrogens (primary N) is 1. The highest BCUT2D eigenvalue weighted by atomic mass is 16.3. The number of fused-ring (bicyclic) bond motifs is 1. The third-order valence-corrected chi connectivity index (χ3v) is 4.42. The van der Waals surface area contributed by atoms with Crippen LogP contribution in [0.2, 0.25) is 0 Å². The first kappa shape index (κ1) is 14.4. The number of anilines is 1. The van der Waals surface area contributed by atoms with E-state index in [1.807, 2.05) is 6.07 Å². The van der Waals surface area contributed by atoms with Crippen LogP contribution < -0.4 is 10.6 Å². The topological polar surface area (TPSA) is 49.5 Å². The van der Waals surface area contributed by atoms with Gasteiger partial charge in [0.2, 0.25) is 0 Å². The zero-order chi connectivity index (χ0) is 13.9. The van der Waals surface area contributed by atoms with Crippen molar-refractivity contribution in [2.24, 2.45) is 5.73 Å². The maximum atomic E-state index is 10.6. The molecule has 0 spiro atoms. The molecular weight excluding hydrogens is 236 g/mol. The Bertz CT molecular complexity index is 415. The molecule has 0 radical (unpaired) electrons. The van der Waals surface area contributed by atoms with Gasteiger partial charge in [0.25, 0.3) is 0 Å². The van der Waals surface area contributed by atoms with Crippen molar-refractivity contribution in [2.45, 2.75) is 51.2 Å². The van der Waals surface area contributed by atoms with Crippen LogP contribution in [0.3, 0.4) is 0 Å². The van der Waals surface area contributed by atoms with E-state index < -0.39 is 5.60 Å². The van der Waals surface area contributed by atoms with Gasteiger partial charge in [0.1, 0.15) is 0 Å². The average molecular weight is 262 g/mol. The van der Waals surface area contributed by atoms with Gasteiger partial charge in [-0.15, -0.1) is 0 Å². The van der Waals surface area contributed by atoms with Crippen molar-refractivity contribution in [3.05, 3.63) is 29.8 Å². The minimum Gasteiger partial charge on any atom is -0.388 e. The largest absolute Gasteiger partial charge is 0.388 e. The van der Waals surface area contributed by atoms with E-state index in [-0.39, 0.29) is 6.04 Å². The summed E-state index contributed by atoms with van der Waals surface area (Å²) in [5.74, 6) is 0. The molecule has 1 aromatic carbocycles. The van der Waals surface area contributed by atoms with Gasteiger partial charge in [0.05, 0.1) is 5.60 Å². The molecule has 1 heterocycles. The Morgan fingerprint density at radius 1 is 1.32 bits per heavy atom. The summed E-state index contributed by atoms with van der Waals surface area (Å²) in [5, 5.41) is 10.6. The van der Waals surface area contributed by atoms with E-state index in [0.717, 1.165) is 32.2 Å². The molecule has 3 N–H and O–H groups in total. The Kier molecular flexibility index (Phi) is 4.48. The Morgan fingerprint density at radius 2 is 2.00 bits per heavy atom. The summed E-state index contributed by atoms with van der Waals surface area (Å²) >= 11 is 0. The Hall–Kier alpha value is -1.06. The summed E-state index contributed by atoms with van der Waals surface area (Å²) in [5.41, 5.74) is 8.07. The van der Waals surface area contributed by atoms with Crippen LogP contribution in [0.15, 0.2) is 24.3 Å². The molecule has 2 rings (SSSR count). The van der Waals surface area contributed by atoms with Gasteiger partial charge >= 0.3 is 0 Å². The quantitative estimate of drug-likeness (QED) is 0.877. The maximum Gasteiger partial charge on any atom is 0.0816 e. The third kappa shape index (κ3) is 3.10. The minimum atomic E-state index is -0.596. The van der Waals surface area contributed by atoms with Crippen molar-refractivity contribution < 1.29 is 5.11 Å². The van der Waals surface area contributed by atoms with Gasteiger partial charge in [-0.05, 0) is 37.3 Å². The van der Waals surface area contributed by atoms with Crippen LogP contribution in [0.4, 0.5) is 5.69 Å². The fourth-order valence-corrected chi connectivity index (χ4v) is 2.86. The second kappa shape index (κ2) is 5.93. The standard InChI is InChI=1S/C16H26N2O/c1-3-16(19,4-2)12-18-11-7-9-14(17)13-8-5-6-10-15(13)18/h5-6,8,10,14,19H,3-4,7,9,11-12,17H2,1-2H3. The van der Waals surface area contributed by atoms with Gasteiger partial charge in [0, 0.05) is 24.8 Å². The Morgan fingerprint density at radius 3 is 2.68 bits per heavy atom. The monoisotopic (exact) mass is 262 g/mol. The van der Waals surface area contributed by atoms with Crippen molar-refractivity contribution in [1.29, 1.82) is 0 Å². The van der Waals surface area contributed by atoms with Crippen molar-refractivity contribution in [3.63, 3.8) is 0 Å². The first-order valence-corrected chi connectivity index (χ1v) is 7.41. The molecule has 0 aliphatic carbocycles. The van der Waals surface area contributed by atoms with Crippen LogP contribution in [-0.4, -0.2) is 23.8 Å². The van der Waals surface area contributed by atoms with E-state index in [0.29, 0.717) is 6.54 Å². The number of hydrogen-bond donors (Lipinski definition) is 2. The molecule has 19 heavy (non-hydrogen) atoms. The molecule has 0 saturated heterocycles. The predicted molar refractivity (Wildman–Crippen MR) is 80.3 cm³/mol. The molecule has 0 fully saturated rings.